The molecule has 1 heterocycles. The van der Waals surface area contributed by atoms with Gasteiger partial charge in [0.1, 0.15) is 0 Å². The van der Waals surface area contributed by atoms with E-state index in [9.17, 15) is 0 Å². The van der Waals surface area contributed by atoms with Crippen molar-refractivity contribution in [1.29, 1.82) is 0 Å². The number of rotatable bonds is 12. The van der Waals surface area contributed by atoms with Crippen LogP contribution in [0.5, 0.6) is 0 Å². The van der Waals surface area contributed by atoms with Gasteiger partial charge in [-0.2, -0.15) is 0 Å². The van der Waals surface area contributed by atoms with E-state index in [0.29, 0.717) is 12.5 Å². The van der Waals surface area contributed by atoms with Gasteiger partial charge in [0.2, 0.25) is 0 Å². The number of benzene rings is 6. The Kier molecular flexibility index (Phi) is 10.8. The molecule has 0 saturated carbocycles. The van der Waals surface area contributed by atoms with Gasteiger partial charge in [-0.25, -0.2) is 5.43 Å². The normalized spacial score (nSPS) is 18.6. The molecule has 4 atom stereocenters. The van der Waals surface area contributed by atoms with Gasteiger partial charge in [-0.05, 0) is 93.6 Å². The van der Waals surface area contributed by atoms with Crippen molar-refractivity contribution in [1.82, 2.24) is 10.9 Å². The van der Waals surface area contributed by atoms with Gasteiger partial charge in [0.25, 0.3) is 0 Å². The zero-order chi connectivity index (χ0) is 39.5. The number of nitrogens with one attached hydrogen (secondary N) is 3. The molecule has 0 spiro atoms. The third-order valence-corrected chi connectivity index (χ3v) is 12.9. The Morgan fingerprint density at radius 2 is 1.45 bits per heavy atom. The second kappa shape index (κ2) is 16.6. The van der Waals surface area contributed by atoms with E-state index in [1.165, 1.54) is 58.8 Å². The first-order chi connectivity index (χ1) is 28.4. The molecule has 2 aliphatic rings. The van der Waals surface area contributed by atoms with Crippen LogP contribution in [-0.2, 0) is 6.54 Å². The fourth-order valence-electron chi connectivity index (χ4n) is 8.53. The molecule has 7 aromatic rings. The summed E-state index contributed by atoms with van der Waals surface area (Å²) in [6, 6.07) is 56.1. The van der Waals surface area contributed by atoms with E-state index in [1.54, 1.807) is 0 Å². The molecule has 0 radical (unpaired) electrons. The van der Waals surface area contributed by atoms with Crippen molar-refractivity contribution in [3.63, 3.8) is 0 Å². The highest BCUT2D eigenvalue weighted by Crippen LogP contribution is 2.38. The summed E-state index contributed by atoms with van der Waals surface area (Å²) in [5, 5.41) is 6.82. The molecular formula is C53H50N4S. The van der Waals surface area contributed by atoms with Crippen LogP contribution in [0, 0.1) is 5.92 Å². The van der Waals surface area contributed by atoms with Gasteiger partial charge in [-0.15, -0.1) is 11.3 Å². The van der Waals surface area contributed by atoms with Gasteiger partial charge in [0.15, 0.2) is 0 Å². The van der Waals surface area contributed by atoms with Crippen molar-refractivity contribution in [2.24, 2.45) is 11.7 Å². The van der Waals surface area contributed by atoms with Crippen molar-refractivity contribution in [3.8, 4) is 22.3 Å². The van der Waals surface area contributed by atoms with E-state index >= 15 is 0 Å². The van der Waals surface area contributed by atoms with Crippen LogP contribution >= 0.6 is 11.3 Å². The Hall–Kier alpha value is -5.82. The zero-order valence-corrected chi connectivity index (χ0v) is 34.0. The minimum atomic E-state index is -0.337. The zero-order valence-electron chi connectivity index (χ0n) is 33.2. The molecule has 9 rings (SSSR count). The highest BCUT2D eigenvalue weighted by molar-refractivity contribution is 7.17. The SMILES string of the molecule is CC1C=c2c(sc3ccccc23)=C(c2ccc(-c3cccc(-c4ccccc4)c3)c(NC3(C)C=CC([C@H](N)C(NNCc4ccccc4)c4ccccc4)=CC3)c2)C1. The van der Waals surface area contributed by atoms with Crippen LogP contribution in [0.15, 0.2) is 182 Å². The fraction of sp³-hybridized carbons (Fsp3) is 0.170. The van der Waals surface area contributed by atoms with Gasteiger partial charge >= 0.3 is 0 Å². The van der Waals surface area contributed by atoms with E-state index in [1.807, 2.05) is 17.4 Å². The predicted molar refractivity (Wildman–Crippen MR) is 247 cm³/mol. The molecule has 58 heavy (non-hydrogen) atoms. The summed E-state index contributed by atoms with van der Waals surface area (Å²) in [4.78, 5) is 0. The first-order valence-corrected chi connectivity index (χ1v) is 21.3. The van der Waals surface area contributed by atoms with E-state index in [-0.39, 0.29) is 17.6 Å². The summed E-state index contributed by atoms with van der Waals surface area (Å²) >= 11 is 1.92. The van der Waals surface area contributed by atoms with Crippen LogP contribution in [0.1, 0.15) is 49.4 Å². The molecule has 2 aliphatic carbocycles. The smallest absolute Gasteiger partial charge is 0.0655 e. The second-order valence-electron chi connectivity index (χ2n) is 16.1. The molecule has 1 aromatic heterocycles. The van der Waals surface area contributed by atoms with Crippen molar-refractivity contribution in [2.45, 2.75) is 50.9 Å². The first-order valence-electron chi connectivity index (χ1n) is 20.4. The number of fused-ring (bicyclic) bond motifs is 3. The summed E-state index contributed by atoms with van der Waals surface area (Å²) in [7, 11) is 0. The summed E-state index contributed by atoms with van der Waals surface area (Å²) < 4.78 is 2.75. The molecule has 5 heteroatoms. The lowest BCUT2D eigenvalue weighted by Gasteiger charge is -2.34. The number of thiophene rings is 1. The van der Waals surface area contributed by atoms with Gasteiger partial charge in [0.05, 0.1) is 17.6 Å². The molecule has 0 saturated heterocycles. The molecule has 0 aliphatic heterocycles. The van der Waals surface area contributed by atoms with Crippen molar-refractivity contribution in [3.05, 3.63) is 208 Å². The van der Waals surface area contributed by atoms with Gasteiger partial charge < -0.3 is 11.1 Å². The monoisotopic (exact) mass is 774 g/mol. The molecule has 0 bridgehead atoms. The first kappa shape index (κ1) is 37.7. The molecule has 4 nitrogen and oxygen atoms in total. The van der Waals surface area contributed by atoms with E-state index in [0.717, 1.165) is 29.7 Å². The Balaban J connectivity index is 1.05. The van der Waals surface area contributed by atoms with Crippen LogP contribution in [0.3, 0.4) is 0 Å². The number of hydrogen-bond acceptors (Lipinski definition) is 5. The molecule has 6 aromatic carbocycles. The lowest BCUT2D eigenvalue weighted by atomic mass is 9.84. The number of hydrogen-bond donors (Lipinski definition) is 4. The standard InChI is InChI=1S/C53H50N4S/c1-36-31-46(52-47(32-36)45-23-12-13-24-49(45)58-52)43-25-26-44(42-22-14-21-41(33-42)38-17-8-4-9-18-38)48(34-43)56-53(2)29-27-39(28-30-53)50(54)51(40-19-10-5-11-20-40)57-55-35-37-15-6-3-7-16-37/h3-29,32-34,36,50-51,55-57H,30-31,35,54H2,1-2H3/t36?,50-,51?,53?/m0/s1. The second-order valence-corrected chi connectivity index (χ2v) is 17.1. The largest absolute Gasteiger partial charge is 0.376 e. The minimum absolute atomic E-state index is 0.121. The molecule has 3 unspecified atom stereocenters. The summed E-state index contributed by atoms with van der Waals surface area (Å²) in [6.45, 7) is 5.34. The van der Waals surface area contributed by atoms with Crippen LogP contribution < -0.4 is 31.7 Å². The Morgan fingerprint density at radius 3 is 2.22 bits per heavy atom. The number of anilines is 1. The molecular weight excluding hydrogens is 725 g/mol. The van der Waals surface area contributed by atoms with Crippen LogP contribution in [0.2, 0.25) is 0 Å². The lowest BCUT2D eigenvalue weighted by Crippen LogP contribution is -2.45. The van der Waals surface area contributed by atoms with Crippen LogP contribution in [0.4, 0.5) is 5.69 Å². The highest BCUT2D eigenvalue weighted by Gasteiger charge is 2.29. The average Bonchev–Trinajstić information content (AvgIpc) is 3.64. The quantitative estimate of drug-likeness (QED) is 0.0934. The number of hydrazine groups is 1. The summed E-state index contributed by atoms with van der Waals surface area (Å²) in [6.07, 6.45) is 11.1. The maximum atomic E-state index is 7.14. The highest BCUT2D eigenvalue weighted by atomic mass is 32.1. The lowest BCUT2D eigenvalue weighted by molar-refractivity contribution is 0.403. The molecule has 0 amide bonds. The topological polar surface area (TPSA) is 62.1 Å². The Morgan fingerprint density at radius 1 is 0.741 bits per heavy atom. The van der Waals surface area contributed by atoms with Gasteiger partial charge in [0, 0.05) is 32.4 Å². The molecule has 0 fully saturated rings. The maximum Gasteiger partial charge on any atom is 0.0655 e. The number of nitrogens with two attached hydrogens (primary N) is 1. The third kappa shape index (κ3) is 8.00. The fourth-order valence-corrected chi connectivity index (χ4v) is 9.80. The van der Waals surface area contributed by atoms with Gasteiger partial charge in [-0.1, -0.05) is 171 Å². The van der Waals surface area contributed by atoms with E-state index in [4.69, 9.17) is 5.73 Å². The predicted octanol–water partition coefficient (Wildman–Crippen LogP) is 10.7. The van der Waals surface area contributed by atoms with Crippen molar-refractivity contribution in [2.75, 3.05) is 5.32 Å². The average molecular weight is 775 g/mol. The third-order valence-electron chi connectivity index (χ3n) is 11.7. The van der Waals surface area contributed by atoms with Crippen molar-refractivity contribution < 1.29 is 0 Å². The van der Waals surface area contributed by atoms with Crippen molar-refractivity contribution >= 4 is 38.8 Å². The Labute approximate surface area is 346 Å². The molecule has 288 valence electrons. The maximum absolute atomic E-state index is 7.14. The molecule has 5 N–H and O–H groups in total. The minimum Gasteiger partial charge on any atom is -0.376 e. The van der Waals surface area contributed by atoms with Gasteiger partial charge in [-0.3, -0.25) is 5.43 Å². The summed E-state index contributed by atoms with van der Waals surface area (Å²) in [5.41, 5.74) is 25.9. The van der Waals surface area contributed by atoms with E-state index < -0.39 is 0 Å². The van der Waals surface area contributed by atoms with Crippen LogP contribution in [0.25, 0.3) is 44.0 Å². The summed E-state index contributed by atoms with van der Waals surface area (Å²) in [5.74, 6) is 0.452. The van der Waals surface area contributed by atoms with Crippen LogP contribution in [-0.4, -0.2) is 11.6 Å². The van der Waals surface area contributed by atoms with E-state index in [2.05, 4.69) is 206 Å². The Bertz CT molecular complexity index is 2730.